The molecule has 1 atom stereocenters. The van der Waals surface area contributed by atoms with Crippen molar-refractivity contribution in [3.63, 3.8) is 0 Å². The van der Waals surface area contributed by atoms with Gasteiger partial charge >= 0.3 is 0 Å². The molecule has 3 aromatic rings. The number of nitrogens with zero attached hydrogens (tertiary/aromatic N) is 5. The molecule has 1 aliphatic carbocycles. The number of likely N-dealkylation sites (N-methyl/N-ethyl adjacent to an activating group) is 1. The second kappa shape index (κ2) is 8.27. The molecule has 1 unspecified atom stereocenters. The molecule has 3 aromatic heterocycles. The fraction of sp³-hybridized carbons (Fsp3) is 0.455. The van der Waals surface area contributed by atoms with E-state index in [1.165, 1.54) is 6.20 Å². The third-order valence-corrected chi connectivity index (χ3v) is 6.12. The molecule has 2 aliphatic rings. The second-order valence-electron chi connectivity index (χ2n) is 8.64. The molecule has 32 heavy (non-hydrogen) atoms. The molecule has 0 aromatic carbocycles. The predicted octanol–water partition coefficient (Wildman–Crippen LogP) is 1.84. The maximum Gasteiger partial charge on any atom is 0.274 e. The van der Waals surface area contributed by atoms with Crippen molar-refractivity contribution in [2.45, 2.75) is 37.8 Å². The smallest absolute Gasteiger partial charge is 0.274 e. The third kappa shape index (κ3) is 3.93. The summed E-state index contributed by atoms with van der Waals surface area (Å²) in [6.07, 6.45) is 7.44. The van der Waals surface area contributed by atoms with Crippen molar-refractivity contribution in [1.29, 1.82) is 0 Å². The molecule has 10 heteroatoms. The Balaban J connectivity index is 1.48. The molecular weight excluding hydrogens is 408 g/mol. The van der Waals surface area contributed by atoms with Gasteiger partial charge in [-0.2, -0.15) is 9.61 Å². The van der Waals surface area contributed by atoms with E-state index in [9.17, 15) is 9.59 Å². The molecule has 1 saturated carbocycles. The zero-order valence-corrected chi connectivity index (χ0v) is 18.3. The van der Waals surface area contributed by atoms with E-state index in [0.29, 0.717) is 28.5 Å². The van der Waals surface area contributed by atoms with Crippen molar-refractivity contribution in [2.24, 2.45) is 0 Å². The molecule has 1 amide bonds. The van der Waals surface area contributed by atoms with Crippen LogP contribution in [0.25, 0.3) is 5.65 Å². The summed E-state index contributed by atoms with van der Waals surface area (Å²) < 4.78 is 3.40. The van der Waals surface area contributed by atoms with Crippen LogP contribution < -0.4 is 21.5 Å². The number of aromatic nitrogens is 4. The minimum Gasteiger partial charge on any atom is -0.373 e. The van der Waals surface area contributed by atoms with Crippen LogP contribution in [0.4, 0.5) is 17.3 Å². The van der Waals surface area contributed by atoms with Crippen molar-refractivity contribution in [1.82, 2.24) is 29.4 Å². The molecule has 2 fully saturated rings. The van der Waals surface area contributed by atoms with E-state index >= 15 is 0 Å². The molecule has 0 spiro atoms. The topological polar surface area (TPSA) is 109 Å². The first-order valence-corrected chi connectivity index (χ1v) is 11.1. The van der Waals surface area contributed by atoms with Gasteiger partial charge in [0.2, 0.25) is 0 Å². The van der Waals surface area contributed by atoms with E-state index in [0.717, 1.165) is 38.8 Å². The van der Waals surface area contributed by atoms with Crippen LogP contribution in [0.15, 0.2) is 35.4 Å². The van der Waals surface area contributed by atoms with E-state index in [4.69, 9.17) is 0 Å². The monoisotopic (exact) mass is 436 g/mol. The van der Waals surface area contributed by atoms with Gasteiger partial charge in [-0.3, -0.25) is 9.59 Å². The van der Waals surface area contributed by atoms with Gasteiger partial charge in [0.1, 0.15) is 22.9 Å². The van der Waals surface area contributed by atoms with Gasteiger partial charge < -0.3 is 25.4 Å². The largest absolute Gasteiger partial charge is 0.373 e. The number of hydrogen-bond donors (Lipinski definition) is 3. The lowest BCUT2D eigenvalue weighted by Gasteiger charge is -2.31. The molecule has 1 aliphatic heterocycles. The summed E-state index contributed by atoms with van der Waals surface area (Å²) >= 11 is 0. The van der Waals surface area contributed by atoms with Crippen molar-refractivity contribution in [2.75, 3.05) is 37.8 Å². The molecule has 0 radical (unpaired) electrons. The number of anilines is 3. The van der Waals surface area contributed by atoms with E-state index in [-0.39, 0.29) is 23.6 Å². The first kappa shape index (κ1) is 20.5. The number of pyridine rings is 1. The fourth-order valence-corrected chi connectivity index (χ4v) is 4.25. The van der Waals surface area contributed by atoms with Crippen molar-refractivity contribution in [3.05, 3.63) is 46.5 Å². The molecule has 4 heterocycles. The summed E-state index contributed by atoms with van der Waals surface area (Å²) in [4.78, 5) is 32.7. The SMILES string of the molecule is CNc1cc(Nc2cccn(C3CCCN(C)C3)c2=O)nc2c(C(=O)NC3CC3)cnn12. The number of carbonyl (C=O) groups is 1. The highest BCUT2D eigenvalue weighted by Crippen LogP contribution is 2.24. The Kier molecular flexibility index (Phi) is 5.30. The number of likely N-dealkylation sites (tertiary alicyclic amines) is 1. The summed E-state index contributed by atoms with van der Waals surface area (Å²) in [5.41, 5.74) is 1.21. The lowest BCUT2D eigenvalue weighted by molar-refractivity contribution is 0.0952. The molecule has 3 N–H and O–H groups in total. The lowest BCUT2D eigenvalue weighted by atomic mass is 10.1. The molecule has 5 rings (SSSR count). The van der Waals surface area contributed by atoms with Gasteiger partial charge in [-0.05, 0) is 51.4 Å². The Morgan fingerprint density at radius 1 is 1.25 bits per heavy atom. The molecule has 10 nitrogen and oxygen atoms in total. The van der Waals surface area contributed by atoms with E-state index in [2.05, 4.69) is 38.0 Å². The van der Waals surface area contributed by atoms with Crippen LogP contribution >= 0.6 is 0 Å². The van der Waals surface area contributed by atoms with Gasteiger partial charge in [-0.25, -0.2) is 4.98 Å². The van der Waals surface area contributed by atoms with Gasteiger partial charge in [0.25, 0.3) is 11.5 Å². The maximum absolute atomic E-state index is 13.2. The molecule has 168 valence electrons. The number of nitrogens with one attached hydrogen (secondary N) is 3. The first-order valence-electron chi connectivity index (χ1n) is 11.1. The van der Waals surface area contributed by atoms with Crippen molar-refractivity contribution >= 4 is 28.9 Å². The summed E-state index contributed by atoms with van der Waals surface area (Å²) in [6.45, 7) is 1.91. The Labute approximate surface area is 185 Å². The standard InChI is InChI=1S/C22H28N8O2/c1-23-19-11-18(27-20-16(12-24-30(19)20)21(31)25-14-7-8-14)26-17-6-4-10-29(22(17)32)15-5-3-9-28(2)13-15/h4,6,10-12,14-15,23H,3,5,7-9,13H2,1-2H3,(H,25,31)(H,26,27). The Hall–Kier alpha value is -3.40. The van der Waals surface area contributed by atoms with Crippen LogP contribution in [-0.2, 0) is 0 Å². The van der Waals surface area contributed by atoms with Crippen LogP contribution in [0, 0.1) is 0 Å². The second-order valence-corrected chi connectivity index (χ2v) is 8.64. The first-order chi connectivity index (χ1) is 15.5. The summed E-state index contributed by atoms with van der Waals surface area (Å²) in [5, 5.41) is 13.6. The summed E-state index contributed by atoms with van der Waals surface area (Å²) in [6, 6.07) is 5.80. The zero-order valence-electron chi connectivity index (χ0n) is 18.3. The van der Waals surface area contributed by atoms with Crippen molar-refractivity contribution in [3.8, 4) is 0 Å². The third-order valence-electron chi connectivity index (χ3n) is 6.12. The van der Waals surface area contributed by atoms with Crippen LogP contribution in [0.1, 0.15) is 42.1 Å². The number of carbonyl (C=O) groups excluding carboxylic acids is 1. The minimum atomic E-state index is -0.183. The lowest BCUT2D eigenvalue weighted by Crippen LogP contribution is -2.37. The number of fused-ring (bicyclic) bond motifs is 1. The van der Waals surface area contributed by atoms with Crippen LogP contribution in [0.5, 0.6) is 0 Å². The average Bonchev–Trinajstić information content (AvgIpc) is 3.49. The maximum atomic E-state index is 13.2. The number of hydrogen-bond acceptors (Lipinski definition) is 7. The highest BCUT2D eigenvalue weighted by Gasteiger charge is 2.26. The average molecular weight is 437 g/mol. The van der Waals surface area contributed by atoms with E-state index < -0.39 is 0 Å². The fourth-order valence-electron chi connectivity index (χ4n) is 4.25. The van der Waals surface area contributed by atoms with Gasteiger partial charge in [0, 0.05) is 37.9 Å². The number of piperidine rings is 1. The molecule has 0 bridgehead atoms. The van der Waals surface area contributed by atoms with E-state index in [1.807, 2.05) is 16.8 Å². The normalized spacial score (nSPS) is 19.1. The van der Waals surface area contributed by atoms with Gasteiger partial charge in [-0.1, -0.05) is 0 Å². The Morgan fingerprint density at radius 3 is 2.84 bits per heavy atom. The van der Waals surface area contributed by atoms with Crippen LogP contribution in [0.2, 0.25) is 0 Å². The summed E-state index contributed by atoms with van der Waals surface area (Å²) in [5.74, 6) is 0.948. The van der Waals surface area contributed by atoms with Crippen LogP contribution in [0.3, 0.4) is 0 Å². The van der Waals surface area contributed by atoms with Gasteiger partial charge in [0.05, 0.1) is 6.20 Å². The minimum absolute atomic E-state index is 0.0827. The number of rotatable bonds is 6. The Bertz CT molecular complexity index is 1210. The highest BCUT2D eigenvalue weighted by molar-refractivity contribution is 6.00. The van der Waals surface area contributed by atoms with Gasteiger partial charge in [0.15, 0.2) is 5.65 Å². The van der Waals surface area contributed by atoms with E-state index in [1.54, 1.807) is 23.7 Å². The predicted molar refractivity (Wildman–Crippen MR) is 123 cm³/mol. The quantitative estimate of drug-likeness (QED) is 0.541. The molecule has 1 saturated heterocycles. The van der Waals surface area contributed by atoms with Gasteiger partial charge in [-0.15, -0.1) is 0 Å². The van der Waals surface area contributed by atoms with Crippen LogP contribution in [-0.4, -0.2) is 63.2 Å². The zero-order chi connectivity index (χ0) is 22.2. The highest BCUT2D eigenvalue weighted by atomic mass is 16.2. The number of amides is 1. The molecular formula is C22H28N8O2. The summed E-state index contributed by atoms with van der Waals surface area (Å²) in [7, 11) is 3.86. The van der Waals surface area contributed by atoms with Crippen molar-refractivity contribution < 1.29 is 4.79 Å². The Morgan fingerprint density at radius 2 is 2.09 bits per heavy atom.